The van der Waals surface area contributed by atoms with Gasteiger partial charge in [0.1, 0.15) is 4.90 Å². The Kier molecular flexibility index (Phi) is 6.64. The summed E-state index contributed by atoms with van der Waals surface area (Å²) in [6, 6.07) is -0.0363. The lowest BCUT2D eigenvalue weighted by Gasteiger charge is -2.15. The highest BCUT2D eigenvalue weighted by molar-refractivity contribution is 7.89. The normalized spacial score (nSPS) is 12.2. The third-order valence-electron chi connectivity index (χ3n) is 3.26. The highest BCUT2D eigenvalue weighted by atomic mass is 32.2. The largest absolute Gasteiger partial charge is 0.311 e. The minimum atomic E-state index is -3.52. The predicted molar refractivity (Wildman–Crippen MR) is 80.0 cm³/mol. The number of hydrogen-bond donors (Lipinski definition) is 3. The van der Waals surface area contributed by atoms with E-state index in [9.17, 15) is 8.42 Å². The summed E-state index contributed by atoms with van der Waals surface area (Å²) in [6.45, 7) is 9.04. The molecule has 1 heterocycles. The molecule has 0 saturated heterocycles. The Morgan fingerprint density at radius 2 is 1.90 bits per heavy atom. The second kappa shape index (κ2) is 7.75. The molecule has 0 aliphatic heterocycles. The molecule has 3 N–H and O–H groups in total. The molecule has 0 radical (unpaired) electrons. The SMILES string of the molecule is CCCNCc1n[nH]c(C)c1S(=O)(=O)NC(CC)CC. The van der Waals surface area contributed by atoms with Gasteiger partial charge in [-0.05, 0) is 32.7 Å². The number of nitrogens with one attached hydrogen (secondary N) is 3. The van der Waals surface area contributed by atoms with Gasteiger partial charge < -0.3 is 5.32 Å². The molecule has 7 heteroatoms. The van der Waals surface area contributed by atoms with Crippen LogP contribution in [0.2, 0.25) is 0 Å². The molecule has 0 bridgehead atoms. The van der Waals surface area contributed by atoms with Crippen molar-refractivity contribution in [1.82, 2.24) is 20.2 Å². The van der Waals surface area contributed by atoms with Crippen molar-refractivity contribution in [2.45, 2.75) is 64.4 Å². The number of sulfonamides is 1. The van der Waals surface area contributed by atoms with E-state index >= 15 is 0 Å². The lowest BCUT2D eigenvalue weighted by Crippen LogP contribution is -2.34. The summed E-state index contributed by atoms with van der Waals surface area (Å²) >= 11 is 0. The standard InChI is InChI=1S/C13H26N4O2S/c1-5-8-14-9-12-13(10(4)15-16-12)20(18,19)17-11(6-2)7-3/h11,14,17H,5-9H2,1-4H3,(H,15,16). The van der Waals surface area contributed by atoms with Gasteiger partial charge in [-0.25, -0.2) is 13.1 Å². The molecular formula is C13H26N4O2S. The second-order valence-corrected chi connectivity index (χ2v) is 6.59. The first-order valence-electron chi connectivity index (χ1n) is 7.23. The first-order valence-corrected chi connectivity index (χ1v) is 8.71. The molecule has 116 valence electrons. The van der Waals surface area contributed by atoms with Gasteiger partial charge in [-0.3, -0.25) is 5.10 Å². The number of aryl methyl sites for hydroxylation is 1. The highest BCUT2D eigenvalue weighted by Gasteiger charge is 2.25. The first-order chi connectivity index (χ1) is 9.46. The molecule has 20 heavy (non-hydrogen) atoms. The first kappa shape index (κ1) is 17.1. The number of rotatable bonds is 9. The topological polar surface area (TPSA) is 86.9 Å². The molecule has 0 amide bonds. The third kappa shape index (κ3) is 4.29. The van der Waals surface area contributed by atoms with E-state index in [1.807, 2.05) is 13.8 Å². The molecule has 0 aliphatic rings. The fraction of sp³-hybridized carbons (Fsp3) is 0.769. The molecule has 0 fully saturated rings. The lowest BCUT2D eigenvalue weighted by atomic mass is 10.2. The second-order valence-electron chi connectivity index (χ2n) is 4.94. The van der Waals surface area contributed by atoms with Gasteiger partial charge in [0.2, 0.25) is 10.0 Å². The van der Waals surface area contributed by atoms with Crippen molar-refractivity contribution in [3.05, 3.63) is 11.4 Å². The number of hydrogen-bond acceptors (Lipinski definition) is 4. The number of H-pyrrole nitrogens is 1. The fourth-order valence-corrected chi connectivity index (χ4v) is 3.83. The number of aromatic nitrogens is 2. The molecule has 1 aromatic rings. The summed E-state index contributed by atoms with van der Waals surface area (Å²) in [5.41, 5.74) is 1.13. The van der Waals surface area contributed by atoms with Crippen molar-refractivity contribution in [3.8, 4) is 0 Å². The molecular weight excluding hydrogens is 276 g/mol. The van der Waals surface area contributed by atoms with Crippen LogP contribution in [0.3, 0.4) is 0 Å². The van der Waals surface area contributed by atoms with Crippen LogP contribution in [-0.4, -0.2) is 31.2 Å². The van der Waals surface area contributed by atoms with E-state index in [1.54, 1.807) is 6.92 Å². The van der Waals surface area contributed by atoms with Crippen molar-refractivity contribution < 1.29 is 8.42 Å². The van der Waals surface area contributed by atoms with Crippen molar-refractivity contribution in [2.75, 3.05) is 6.54 Å². The zero-order chi connectivity index (χ0) is 15.2. The zero-order valence-corrected chi connectivity index (χ0v) is 13.6. The van der Waals surface area contributed by atoms with Crippen LogP contribution in [0.15, 0.2) is 4.90 Å². The monoisotopic (exact) mass is 302 g/mol. The van der Waals surface area contributed by atoms with Gasteiger partial charge in [-0.1, -0.05) is 20.8 Å². The van der Waals surface area contributed by atoms with E-state index in [2.05, 4.69) is 27.2 Å². The van der Waals surface area contributed by atoms with Crippen molar-refractivity contribution in [1.29, 1.82) is 0 Å². The van der Waals surface area contributed by atoms with Gasteiger partial charge in [0, 0.05) is 12.6 Å². The van der Waals surface area contributed by atoms with E-state index in [4.69, 9.17) is 0 Å². The summed E-state index contributed by atoms with van der Waals surface area (Å²) in [5, 5.41) is 10.1. The minimum Gasteiger partial charge on any atom is -0.311 e. The molecule has 0 saturated carbocycles. The molecule has 1 rings (SSSR count). The van der Waals surface area contributed by atoms with E-state index in [0.717, 1.165) is 25.8 Å². The van der Waals surface area contributed by atoms with Crippen molar-refractivity contribution in [2.24, 2.45) is 0 Å². The predicted octanol–water partition coefficient (Wildman–Crippen LogP) is 1.68. The van der Waals surface area contributed by atoms with Crippen molar-refractivity contribution >= 4 is 10.0 Å². The Balaban J connectivity index is 2.96. The van der Waals surface area contributed by atoms with Gasteiger partial charge in [0.25, 0.3) is 0 Å². The van der Waals surface area contributed by atoms with E-state index in [1.165, 1.54) is 0 Å². The van der Waals surface area contributed by atoms with Crippen molar-refractivity contribution in [3.63, 3.8) is 0 Å². The summed E-state index contributed by atoms with van der Waals surface area (Å²) in [4.78, 5) is 0.285. The average molecular weight is 302 g/mol. The third-order valence-corrected chi connectivity index (χ3v) is 4.98. The Labute approximate surface area is 121 Å². The van der Waals surface area contributed by atoms with Crippen LogP contribution in [0.1, 0.15) is 51.4 Å². The molecule has 0 aromatic carbocycles. The maximum Gasteiger partial charge on any atom is 0.244 e. The van der Waals surface area contributed by atoms with Crippen LogP contribution in [0.5, 0.6) is 0 Å². The summed E-state index contributed by atoms with van der Waals surface area (Å²) in [6.07, 6.45) is 2.55. The average Bonchev–Trinajstić information content (AvgIpc) is 2.78. The maximum atomic E-state index is 12.5. The summed E-state index contributed by atoms with van der Waals surface area (Å²) in [5.74, 6) is 0. The summed E-state index contributed by atoms with van der Waals surface area (Å²) in [7, 11) is -3.52. The van der Waals surface area contributed by atoms with Gasteiger partial charge in [0.15, 0.2) is 0 Å². The smallest absolute Gasteiger partial charge is 0.244 e. The Bertz CT molecular complexity index is 506. The number of nitrogens with zero attached hydrogens (tertiary/aromatic N) is 1. The minimum absolute atomic E-state index is 0.0363. The Morgan fingerprint density at radius 3 is 2.45 bits per heavy atom. The van der Waals surface area contributed by atoms with Crippen LogP contribution in [0, 0.1) is 6.92 Å². The van der Waals surface area contributed by atoms with Gasteiger partial charge in [0.05, 0.1) is 11.4 Å². The molecule has 0 spiro atoms. The summed E-state index contributed by atoms with van der Waals surface area (Å²) < 4.78 is 27.7. The molecule has 0 atom stereocenters. The zero-order valence-electron chi connectivity index (χ0n) is 12.8. The van der Waals surface area contributed by atoms with Crippen LogP contribution >= 0.6 is 0 Å². The highest BCUT2D eigenvalue weighted by Crippen LogP contribution is 2.18. The van der Waals surface area contributed by atoms with E-state index in [-0.39, 0.29) is 10.9 Å². The molecule has 0 aliphatic carbocycles. The van der Waals surface area contributed by atoms with Crippen LogP contribution < -0.4 is 10.0 Å². The molecule has 6 nitrogen and oxygen atoms in total. The molecule has 1 aromatic heterocycles. The van der Waals surface area contributed by atoms with Gasteiger partial charge >= 0.3 is 0 Å². The Morgan fingerprint density at radius 1 is 1.25 bits per heavy atom. The van der Waals surface area contributed by atoms with Crippen LogP contribution in [0.25, 0.3) is 0 Å². The van der Waals surface area contributed by atoms with E-state index in [0.29, 0.717) is 17.9 Å². The van der Waals surface area contributed by atoms with Gasteiger partial charge in [-0.15, -0.1) is 0 Å². The van der Waals surface area contributed by atoms with Crippen LogP contribution in [-0.2, 0) is 16.6 Å². The van der Waals surface area contributed by atoms with Crippen LogP contribution in [0.4, 0.5) is 0 Å². The molecule has 0 unspecified atom stereocenters. The van der Waals surface area contributed by atoms with E-state index < -0.39 is 10.0 Å². The Hall–Kier alpha value is -0.920. The fourth-order valence-electron chi connectivity index (χ4n) is 2.06. The maximum absolute atomic E-state index is 12.5. The van der Waals surface area contributed by atoms with Gasteiger partial charge in [-0.2, -0.15) is 5.10 Å². The quantitative estimate of drug-likeness (QED) is 0.606. The lowest BCUT2D eigenvalue weighted by molar-refractivity contribution is 0.528. The number of aromatic amines is 1.